The standard InChI is InChI=1S/C15H15FO3S/c1-10-9-12(5-8-14(10)16)15(17)11-3-6-13(7-4-11)20(2,18)19/h3-9,15,17H,1-2H3. The molecular weight excluding hydrogens is 279 g/mol. The molecule has 20 heavy (non-hydrogen) atoms. The van der Waals surface area contributed by atoms with Crippen molar-refractivity contribution in [3.8, 4) is 0 Å². The highest BCUT2D eigenvalue weighted by Crippen LogP contribution is 2.24. The van der Waals surface area contributed by atoms with E-state index < -0.39 is 15.9 Å². The minimum Gasteiger partial charge on any atom is -0.384 e. The molecule has 0 saturated carbocycles. The Kier molecular flexibility index (Phi) is 3.92. The summed E-state index contributed by atoms with van der Waals surface area (Å²) in [7, 11) is -3.25. The van der Waals surface area contributed by atoms with Gasteiger partial charge in [-0.1, -0.05) is 24.3 Å². The van der Waals surface area contributed by atoms with Gasteiger partial charge in [0.1, 0.15) is 11.9 Å². The number of rotatable bonds is 3. The number of aliphatic hydroxyl groups excluding tert-OH is 1. The molecule has 0 radical (unpaired) electrons. The fourth-order valence-electron chi connectivity index (χ4n) is 1.93. The van der Waals surface area contributed by atoms with Crippen molar-refractivity contribution in [3.63, 3.8) is 0 Å². The van der Waals surface area contributed by atoms with Crippen LogP contribution in [0.15, 0.2) is 47.4 Å². The molecule has 0 aliphatic heterocycles. The maximum atomic E-state index is 13.2. The van der Waals surface area contributed by atoms with Crippen LogP contribution in [0.3, 0.4) is 0 Å². The van der Waals surface area contributed by atoms with Crippen LogP contribution in [0, 0.1) is 12.7 Å². The molecular formula is C15H15FO3S. The molecule has 2 rings (SSSR count). The first-order valence-electron chi connectivity index (χ1n) is 6.03. The summed E-state index contributed by atoms with van der Waals surface area (Å²) in [5.41, 5.74) is 1.58. The lowest BCUT2D eigenvalue weighted by Crippen LogP contribution is -2.02. The summed E-state index contributed by atoms with van der Waals surface area (Å²) in [6, 6.07) is 10.4. The summed E-state index contributed by atoms with van der Waals surface area (Å²) >= 11 is 0. The van der Waals surface area contributed by atoms with Gasteiger partial charge in [0.05, 0.1) is 4.90 Å². The third kappa shape index (κ3) is 3.05. The molecule has 0 amide bonds. The number of hydrogen-bond donors (Lipinski definition) is 1. The number of halogens is 1. The minimum atomic E-state index is -3.25. The van der Waals surface area contributed by atoms with E-state index in [-0.39, 0.29) is 10.7 Å². The average Bonchev–Trinajstić information content (AvgIpc) is 2.40. The average molecular weight is 294 g/mol. The monoisotopic (exact) mass is 294 g/mol. The molecule has 0 heterocycles. The predicted molar refractivity (Wildman–Crippen MR) is 74.8 cm³/mol. The van der Waals surface area contributed by atoms with Crippen molar-refractivity contribution >= 4 is 9.84 Å². The van der Waals surface area contributed by atoms with Crippen molar-refractivity contribution in [3.05, 3.63) is 65.0 Å². The third-order valence-corrected chi connectivity index (χ3v) is 4.25. The normalized spacial score (nSPS) is 13.2. The van der Waals surface area contributed by atoms with Crippen LogP contribution in [0.2, 0.25) is 0 Å². The molecule has 1 unspecified atom stereocenters. The van der Waals surface area contributed by atoms with Gasteiger partial charge in [-0.05, 0) is 41.8 Å². The van der Waals surface area contributed by atoms with Crippen LogP contribution >= 0.6 is 0 Å². The predicted octanol–water partition coefficient (Wildman–Crippen LogP) is 2.62. The van der Waals surface area contributed by atoms with Crippen LogP contribution in [0.4, 0.5) is 4.39 Å². The Morgan fingerprint density at radius 2 is 1.60 bits per heavy atom. The van der Waals surface area contributed by atoms with Crippen LogP contribution in [0.5, 0.6) is 0 Å². The molecule has 0 fully saturated rings. The Labute approximate surface area is 117 Å². The Morgan fingerprint density at radius 3 is 2.10 bits per heavy atom. The largest absolute Gasteiger partial charge is 0.384 e. The molecule has 1 N–H and O–H groups in total. The number of benzene rings is 2. The second-order valence-electron chi connectivity index (χ2n) is 4.75. The van der Waals surface area contributed by atoms with Gasteiger partial charge in [-0.2, -0.15) is 0 Å². The highest BCUT2D eigenvalue weighted by molar-refractivity contribution is 7.90. The second kappa shape index (κ2) is 5.34. The molecule has 0 aromatic heterocycles. The summed E-state index contributed by atoms with van der Waals surface area (Å²) < 4.78 is 35.9. The zero-order chi connectivity index (χ0) is 14.9. The Balaban J connectivity index is 2.33. The minimum absolute atomic E-state index is 0.198. The first-order chi connectivity index (χ1) is 9.29. The molecule has 2 aromatic carbocycles. The lowest BCUT2D eigenvalue weighted by atomic mass is 10.00. The van der Waals surface area contributed by atoms with Gasteiger partial charge in [0.15, 0.2) is 9.84 Å². The molecule has 106 valence electrons. The van der Waals surface area contributed by atoms with Crippen LogP contribution < -0.4 is 0 Å². The van der Waals surface area contributed by atoms with Gasteiger partial charge in [0, 0.05) is 6.26 Å². The molecule has 5 heteroatoms. The highest BCUT2D eigenvalue weighted by Gasteiger charge is 2.13. The van der Waals surface area contributed by atoms with Gasteiger partial charge in [-0.25, -0.2) is 12.8 Å². The Bertz CT molecular complexity index is 721. The summed E-state index contributed by atoms with van der Waals surface area (Å²) in [6.07, 6.45) is 0.213. The number of aliphatic hydroxyl groups is 1. The zero-order valence-corrected chi connectivity index (χ0v) is 12.0. The lowest BCUT2D eigenvalue weighted by Gasteiger charge is -2.13. The number of aryl methyl sites for hydroxylation is 1. The molecule has 0 saturated heterocycles. The summed E-state index contributed by atoms with van der Waals surface area (Å²) in [6.45, 7) is 1.62. The molecule has 1 atom stereocenters. The van der Waals surface area contributed by atoms with Crippen molar-refractivity contribution < 1.29 is 17.9 Å². The Morgan fingerprint density at radius 1 is 1.05 bits per heavy atom. The third-order valence-electron chi connectivity index (χ3n) is 3.12. The number of hydrogen-bond acceptors (Lipinski definition) is 3. The van der Waals surface area contributed by atoms with Gasteiger partial charge in [-0.15, -0.1) is 0 Å². The fraction of sp³-hybridized carbons (Fsp3) is 0.200. The van der Waals surface area contributed by atoms with Gasteiger partial charge < -0.3 is 5.11 Å². The van der Waals surface area contributed by atoms with Crippen LogP contribution in [-0.2, 0) is 9.84 Å². The molecule has 0 aliphatic carbocycles. The number of sulfone groups is 1. The van der Waals surface area contributed by atoms with Crippen LogP contribution in [0.1, 0.15) is 22.8 Å². The first kappa shape index (κ1) is 14.7. The van der Waals surface area contributed by atoms with E-state index in [0.717, 1.165) is 6.26 Å². The van der Waals surface area contributed by atoms with E-state index in [1.165, 1.54) is 24.3 Å². The van der Waals surface area contributed by atoms with Crippen molar-refractivity contribution in [2.75, 3.05) is 6.26 Å². The summed E-state index contributed by atoms with van der Waals surface area (Å²) in [5.74, 6) is -0.326. The Hall–Kier alpha value is -1.72. The summed E-state index contributed by atoms with van der Waals surface area (Å²) in [5, 5.41) is 10.2. The molecule has 2 aromatic rings. The van der Waals surface area contributed by atoms with E-state index in [1.807, 2.05) is 0 Å². The van der Waals surface area contributed by atoms with Crippen molar-refractivity contribution in [2.24, 2.45) is 0 Å². The van der Waals surface area contributed by atoms with E-state index in [2.05, 4.69) is 0 Å². The highest BCUT2D eigenvalue weighted by atomic mass is 32.2. The van der Waals surface area contributed by atoms with Gasteiger partial charge in [0.2, 0.25) is 0 Å². The fourth-order valence-corrected chi connectivity index (χ4v) is 2.56. The van der Waals surface area contributed by atoms with Crippen molar-refractivity contribution in [1.29, 1.82) is 0 Å². The van der Waals surface area contributed by atoms with E-state index in [4.69, 9.17) is 0 Å². The maximum Gasteiger partial charge on any atom is 0.175 e. The van der Waals surface area contributed by atoms with E-state index >= 15 is 0 Å². The molecule has 0 aliphatic rings. The van der Waals surface area contributed by atoms with Gasteiger partial charge in [0.25, 0.3) is 0 Å². The van der Waals surface area contributed by atoms with Crippen molar-refractivity contribution in [1.82, 2.24) is 0 Å². The molecule has 3 nitrogen and oxygen atoms in total. The lowest BCUT2D eigenvalue weighted by molar-refractivity contribution is 0.220. The topological polar surface area (TPSA) is 54.4 Å². The van der Waals surface area contributed by atoms with Crippen LogP contribution in [-0.4, -0.2) is 19.8 Å². The van der Waals surface area contributed by atoms with E-state index in [9.17, 15) is 17.9 Å². The zero-order valence-electron chi connectivity index (χ0n) is 11.2. The smallest absolute Gasteiger partial charge is 0.175 e. The maximum absolute atomic E-state index is 13.2. The quantitative estimate of drug-likeness (QED) is 0.946. The first-order valence-corrected chi connectivity index (χ1v) is 7.92. The van der Waals surface area contributed by atoms with E-state index in [1.54, 1.807) is 25.1 Å². The van der Waals surface area contributed by atoms with Crippen molar-refractivity contribution in [2.45, 2.75) is 17.9 Å². The molecule has 0 spiro atoms. The summed E-state index contributed by atoms with van der Waals surface area (Å²) in [4.78, 5) is 0.198. The van der Waals surface area contributed by atoms with Gasteiger partial charge >= 0.3 is 0 Å². The van der Waals surface area contributed by atoms with Crippen LogP contribution in [0.25, 0.3) is 0 Å². The van der Waals surface area contributed by atoms with Gasteiger partial charge in [-0.3, -0.25) is 0 Å². The SMILES string of the molecule is Cc1cc(C(O)c2ccc(S(C)(=O)=O)cc2)ccc1F. The van der Waals surface area contributed by atoms with E-state index in [0.29, 0.717) is 16.7 Å². The second-order valence-corrected chi connectivity index (χ2v) is 6.77. The molecule has 0 bridgehead atoms.